The normalized spacial score (nSPS) is 10.5. The van der Waals surface area contributed by atoms with E-state index < -0.39 is 0 Å². The monoisotopic (exact) mass is 239 g/mol. The maximum atomic E-state index is 5.50. The van der Waals surface area contributed by atoms with Crippen LogP contribution in [0.3, 0.4) is 0 Å². The summed E-state index contributed by atoms with van der Waals surface area (Å²) in [6, 6.07) is 19.6. The quantitative estimate of drug-likeness (QED) is 0.766. The van der Waals surface area contributed by atoms with Gasteiger partial charge >= 0.3 is 0 Å². The number of nitrogens with two attached hydrogens (primary N) is 1. The van der Waals surface area contributed by atoms with E-state index in [9.17, 15) is 0 Å². The maximum absolute atomic E-state index is 5.50. The van der Waals surface area contributed by atoms with E-state index in [0.29, 0.717) is 0 Å². The molecule has 94 valence electrons. The summed E-state index contributed by atoms with van der Waals surface area (Å²) >= 11 is 0. The molecule has 2 aromatic rings. The summed E-state index contributed by atoms with van der Waals surface area (Å²) in [6.45, 7) is 0.798. The molecule has 1 nitrogen and oxygen atoms in total. The molecule has 0 aliphatic carbocycles. The predicted octanol–water partition coefficient (Wildman–Crippen LogP) is 3.56. The van der Waals surface area contributed by atoms with Crippen LogP contribution in [0.1, 0.15) is 29.5 Å². The summed E-state index contributed by atoms with van der Waals surface area (Å²) < 4.78 is 0. The van der Waals surface area contributed by atoms with Gasteiger partial charge in [-0.05, 0) is 48.9 Å². The lowest BCUT2D eigenvalue weighted by Crippen LogP contribution is -1.99. The second-order valence-electron chi connectivity index (χ2n) is 4.72. The maximum Gasteiger partial charge on any atom is -0.00258 e. The molecule has 0 aliphatic rings. The lowest BCUT2D eigenvalue weighted by Gasteiger charge is -2.04. The SMILES string of the molecule is NCCCCc1ccc(Cc2ccccc2)cc1. The van der Waals surface area contributed by atoms with Crippen LogP contribution in [0.4, 0.5) is 0 Å². The Labute approximate surface area is 110 Å². The molecule has 0 atom stereocenters. The van der Waals surface area contributed by atoms with Gasteiger partial charge in [-0.15, -0.1) is 0 Å². The number of unbranched alkanes of at least 4 members (excludes halogenated alkanes) is 1. The molecule has 0 unspecified atom stereocenters. The van der Waals surface area contributed by atoms with Gasteiger partial charge in [0.2, 0.25) is 0 Å². The van der Waals surface area contributed by atoms with Crippen LogP contribution in [0.25, 0.3) is 0 Å². The van der Waals surface area contributed by atoms with E-state index in [1.54, 1.807) is 0 Å². The largest absolute Gasteiger partial charge is 0.330 e. The van der Waals surface area contributed by atoms with Crippen LogP contribution in [-0.2, 0) is 12.8 Å². The van der Waals surface area contributed by atoms with Gasteiger partial charge in [0.05, 0.1) is 0 Å². The van der Waals surface area contributed by atoms with Crippen molar-refractivity contribution in [2.75, 3.05) is 6.54 Å². The van der Waals surface area contributed by atoms with E-state index in [2.05, 4.69) is 54.6 Å². The number of hydrogen-bond donors (Lipinski definition) is 1. The number of rotatable bonds is 6. The Bertz CT molecular complexity index is 445. The lowest BCUT2D eigenvalue weighted by molar-refractivity contribution is 0.744. The fourth-order valence-electron chi connectivity index (χ4n) is 2.13. The smallest absolute Gasteiger partial charge is 0.00258 e. The van der Waals surface area contributed by atoms with Gasteiger partial charge < -0.3 is 5.73 Å². The van der Waals surface area contributed by atoms with Gasteiger partial charge in [-0.1, -0.05) is 54.6 Å². The van der Waals surface area contributed by atoms with Gasteiger partial charge in [0.15, 0.2) is 0 Å². The van der Waals surface area contributed by atoms with E-state index in [0.717, 1.165) is 25.8 Å². The average molecular weight is 239 g/mol. The summed E-state index contributed by atoms with van der Waals surface area (Å²) in [5.41, 5.74) is 9.67. The van der Waals surface area contributed by atoms with E-state index in [1.807, 2.05) is 0 Å². The summed E-state index contributed by atoms with van der Waals surface area (Å²) in [6.07, 6.45) is 4.47. The minimum atomic E-state index is 0.798. The van der Waals surface area contributed by atoms with Crippen LogP contribution in [-0.4, -0.2) is 6.54 Å². The van der Waals surface area contributed by atoms with Crippen molar-refractivity contribution in [3.8, 4) is 0 Å². The molecule has 1 heteroatoms. The molecule has 0 aromatic heterocycles. The van der Waals surface area contributed by atoms with E-state index in [1.165, 1.54) is 23.1 Å². The first kappa shape index (κ1) is 12.8. The van der Waals surface area contributed by atoms with E-state index >= 15 is 0 Å². The molecule has 0 bridgehead atoms. The number of benzene rings is 2. The Morgan fingerprint density at radius 2 is 1.28 bits per heavy atom. The number of aryl methyl sites for hydroxylation is 1. The molecular weight excluding hydrogens is 218 g/mol. The zero-order valence-corrected chi connectivity index (χ0v) is 10.8. The van der Waals surface area contributed by atoms with Gasteiger partial charge in [-0.2, -0.15) is 0 Å². The van der Waals surface area contributed by atoms with Crippen molar-refractivity contribution in [1.82, 2.24) is 0 Å². The fourth-order valence-corrected chi connectivity index (χ4v) is 2.13. The Morgan fingerprint density at radius 3 is 1.94 bits per heavy atom. The number of hydrogen-bond acceptors (Lipinski definition) is 1. The minimum Gasteiger partial charge on any atom is -0.330 e. The van der Waals surface area contributed by atoms with Crippen LogP contribution in [0.15, 0.2) is 54.6 Å². The topological polar surface area (TPSA) is 26.0 Å². The van der Waals surface area contributed by atoms with E-state index in [-0.39, 0.29) is 0 Å². The van der Waals surface area contributed by atoms with Crippen LogP contribution in [0.5, 0.6) is 0 Å². The molecule has 2 aromatic carbocycles. The first-order valence-corrected chi connectivity index (χ1v) is 6.70. The molecule has 0 spiro atoms. The first-order chi connectivity index (χ1) is 8.88. The van der Waals surface area contributed by atoms with Crippen LogP contribution < -0.4 is 5.73 Å². The van der Waals surface area contributed by atoms with Gasteiger partial charge in [-0.25, -0.2) is 0 Å². The van der Waals surface area contributed by atoms with Crippen molar-refractivity contribution >= 4 is 0 Å². The van der Waals surface area contributed by atoms with Crippen LogP contribution >= 0.6 is 0 Å². The standard InChI is InChI=1S/C17H21N/c18-13-5-4-6-15-9-11-17(12-10-15)14-16-7-2-1-3-8-16/h1-3,7-12H,4-6,13-14,18H2. The molecule has 0 radical (unpaired) electrons. The summed E-state index contributed by atoms with van der Waals surface area (Å²) in [5, 5.41) is 0. The summed E-state index contributed by atoms with van der Waals surface area (Å²) in [7, 11) is 0. The summed E-state index contributed by atoms with van der Waals surface area (Å²) in [5.74, 6) is 0. The van der Waals surface area contributed by atoms with Gasteiger partial charge in [0.1, 0.15) is 0 Å². The molecule has 2 N–H and O–H groups in total. The molecule has 0 amide bonds. The Morgan fingerprint density at radius 1 is 0.667 bits per heavy atom. The molecular formula is C17H21N. The Hall–Kier alpha value is -1.60. The molecule has 0 saturated heterocycles. The van der Waals surface area contributed by atoms with Crippen molar-refractivity contribution in [2.45, 2.75) is 25.7 Å². The highest BCUT2D eigenvalue weighted by Gasteiger charge is 1.97. The van der Waals surface area contributed by atoms with Crippen molar-refractivity contribution < 1.29 is 0 Å². The van der Waals surface area contributed by atoms with Gasteiger partial charge in [-0.3, -0.25) is 0 Å². The molecule has 18 heavy (non-hydrogen) atoms. The van der Waals surface area contributed by atoms with Crippen molar-refractivity contribution in [1.29, 1.82) is 0 Å². The van der Waals surface area contributed by atoms with E-state index in [4.69, 9.17) is 5.73 Å². The zero-order chi connectivity index (χ0) is 12.6. The Kier molecular flexibility index (Phi) is 4.98. The second kappa shape index (κ2) is 6.97. The molecule has 0 fully saturated rings. The average Bonchev–Trinajstić information content (AvgIpc) is 2.42. The third-order valence-electron chi connectivity index (χ3n) is 3.19. The predicted molar refractivity (Wildman–Crippen MR) is 77.7 cm³/mol. The highest BCUT2D eigenvalue weighted by Crippen LogP contribution is 2.12. The molecule has 0 saturated carbocycles. The molecule has 2 rings (SSSR count). The minimum absolute atomic E-state index is 0.798. The van der Waals surface area contributed by atoms with Crippen LogP contribution in [0, 0.1) is 0 Å². The highest BCUT2D eigenvalue weighted by atomic mass is 14.5. The fraction of sp³-hybridized carbons (Fsp3) is 0.294. The highest BCUT2D eigenvalue weighted by molar-refractivity contribution is 5.28. The zero-order valence-electron chi connectivity index (χ0n) is 10.8. The van der Waals surface area contributed by atoms with Crippen molar-refractivity contribution in [2.24, 2.45) is 5.73 Å². The second-order valence-corrected chi connectivity index (χ2v) is 4.72. The van der Waals surface area contributed by atoms with Crippen molar-refractivity contribution in [3.05, 3.63) is 71.3 Å². The first-order valence-electron chi connectivity index (χ1n) is 6.70. The third-order valence-corrected chi connectivity index (χ3v) is 3.19. The Balaban J connectivity index is 1.91. The molecule has 0 heterocycles. The van der Waals surface area contributed by atoms with Crippen LogP contribution in [0.2, 0.25) is 0 Å². The lowest BCUT2D eigenvalue weighted by atomic mass is 10.0. The third kappa shape index (κ3) is 4.01. The van der Waals surface area contributed by atoms with Crippen molar-refractivity contribution in [3.63, 3.8) is 0 Å². The molecule has 0 aliphatic heterocycles. The van der Waals surface area contributed by atoms with Gasteiger partial charge in [0.25, 0.3) is 0 Å². The summed E-state index contributed by atoms with van der Waals surface area (Å²) in [4.78, 5) is 0. The van der Waals surface area contributed by atoms with Gasteiger partial charge in [0, 0.05) is 0 Å².